The molecule has 0 unspecified atom stereocenters. The molecule has 2 saturated heterocycles. The first kappa shape index (κ1) is 22.5. The van der Waals surface area contributed by atoms with Crippen LogP contribution in [-0.4, -0.2) is 73.1 Å². The maximum Gasteiger partial charge on any atom is 0.295 e. The average Bonchev–Trinajstić information content (AvgIpc) is 3.42. The van der Waals surface area contributed by atoms with E-state index in [1.807, 2.05) is 24.4 Å². The highest BCUT2D eigenvalue weighted by Crippen LogP contribution is 2.41. The molecule has 7 nitrogen and oxygen atoms in total. The van der Waals surface area contributed by atoms with Crippen LogP contribution in [0.4, 0.5) is 0 Å². The van der Waals surface area contributed by atoms with E-state index in [-0.39, 0.29) is 11.3 Å². The number of ether oxygens (including phenoxy) is 2. The minimum Gasteiger partial charge on any atom is -0.507 e. The topological polar surface area (TPSA) is 79.3 Å². The van der Waals surface area contributed by atoms with Gasteiger partial charge in [-0.25, -0.2) is 0 Å². The van der Waals surface area contributed by atoms with Crippen molar-refractivity contribution in [3.63, 3.8) is 0 Å². The molecule has 2 aliphatic rings. The van der Waals surface area contributed by atoms with E-state index < -0.39 is 17.7 Å². The molecular weight excluding hydrogens is 428 g/mol. The second-order valence-electron chi connectivity index (χ2n) is 8.00. The number of ketones is 1. The number of rotatable bonds is 7. The van der Waals surface area contributed by atoms with Crippen LogP contribution < -0.4 is 4.74 Å². The Morgan fingerprint density at radius 1 is 1.22 bits per heavy atom. The van der Waals surface area contributed by atoms with Crippen LogP contribution in [0.15, 0.2) is 41.3 Å². The Hall–Kier alpha value is -2.68. The van der Waals surface area contributed by atoms with E-state index in [0.717, 1.165) is 49.7 Å². The summed E-state index contributed by atoms with van der Waals surface area (Å²) in [6.45, 7) is 6.36. The van der Waals surface area contributed by atoms with E-state index in [2.05, 4.69) is 4.90 Å². The normalized spacial score (nSPS) is 21.3. The number of aliphatic hydroxyl groups is 1. The maximum absolute atomic E-state index is 13.1. The van der Waals surface area contributed by atoms with Gasteiger partial charge in [-0.15, -0.1) is 11.3 Å². The lowest BCUT2D eigenvalue weighted by molar-refractivity contribution is -0.140. The predicted molar refractivity (Wildman–Crippen MR) is 123 cm³/mol. The van der Waals surface area contributed by atoms with E-state index in [4.69, 9.17) is 9.47 Å². The van der Waals surface area contributed by atoms with E-state index in [1.165, 1.54) is 11.3 Å². The van der Waals surface area contributed by atoms with Gasteiger partial charge < -0.3 is 19.5 Å². The van der Waals surface area contributed by atoms with Crippen molar-refractivity contribution in [2.24, 2.45) is 0 Å². The minimum absolute atomic E-state index is 0.147. The molecule has 8 heteroatoms. The fourth-order valence-electron chi connectivity index (χ4n) is 4.32. The summed E-state index contributed by atoms with van der Waals surface area (Å²) in [5, 5.41) is 13.1. The Morgan fingerprint density at radius 2 is 2.00 bits per heavy atom. The first-order valence-electron chi connectivity index (χ1n) is 10.8. The lowest BCUT2D eigenvalue weighted by atomic mass is 9.98. The van der Waals surface area contributed by atoms with Gasteiger partial charge in [-0.3, -0.25) is 14.5 Å². The van der Waals surface area contributed by atoms with Crippen molar-refractivity contribution in [3.8, 4) is 5.75 Å². The van der Waals surface area contributed by atoms with Gasteiger partial charge in [0.2, 0.25) is 0 Å². The highest BCUT2D eigenvalue weighted by Gasteiger charge is 2.46. The van der Waals surface area contributed by atoms with Gasteiger partial charge in [-0.2, -0.15) is 0 Å². The zero-order valence-electron chi connectivity index (χ0n) is 18.4. The number of methoxy groups -OCH3 is 1. The fraction of sp³-hybridized carbons (Fsp3) is 0.417. The molecule has 170 valence electrons. The van der Waals surface area contributed by atoms with E-state index in [0.29, 0.717) is 17.9 Å². The Kier molecular flexibility index (Phi) is 6.93. The first-order chi connectivity index (χ1) is 15.5. The summed E-state index contributed by atoms with van der Waals surface area (Å²) in [5.74, 6) is -0.652. The third kappa shape index (κ3) is 4.44. The van der Waals surface area contributed by atoms with E-state index in [1.54, 1.807) is 30.2 Å². The quantitative estimate of drug-likeness (QED) is 0.392. The van der Waals surface area contributed by atoms with E-state index in [9.17, 15) is 14.7 Å². The molecule has 1 aromatic carbocycles. The van der Waals surface area contributed by atoms with Crippen molar-refractivity contribution in [3.05, 3.63) is 57.3 Å². The van der Waals surface area contributed by atoms with Crippen molar-refractivity contribution in [2.45, 2.75) is 19.4 Å². The molecule has 2 fully saturated rings. The number of hydrogen-bond acceptors (Lipinski definition) is 7. The molecular formula is C24H28N2O5S. The molecule has 1 N–H and O–H groups in total. The lowest BCUT2D eigenvalue weighted by Crippen LogP contribution is -2.38. The monoisotopic (exact) mass is 456 g/mol. The fourth-order valence-corrected chi connectivity index (χ4v) is 5.17. The molecule has 1 atom stereocenters. The molecule has 0 saturated carbocycles. The molecule has 2 aromatic rings. The molecule has 0 bridgehead atoms. The van der Waals surface area contributed by atoms with Crippen molar-refractivity contribution >= 4 is 28.8 Å². The van der Waals surface area contributed by atoms with Crippen molar-refractivity contribution in [1.29, 1.82) is 0 Å². The van der Waals surface area contributed by atoms with Gasteiger partial charge >= 0.3 is 0 Å². The number of likely N-dealkylation sites (tertiary alicyclic amines) is 1. The molecule has 0 aliphatic carbocycles. The van der Waals surface area contributed by atoms with Crippen LogP contribution in [-0.2, 0) is 14.3 Å². The largest absolute Gasteiger partial charge is 0.507 e. The number of thiophene rings is 1. The van der Waals surface area contributed by atoms with Crippen LogP contribution >= 0.6 is 11.3 Å². The summed E-state index contributed by atoms with van der Waals surface area (Å²) in [6, 6.07) is 8.45. The number of nitrogens with zero attached hydrogens (tertiary/aromatic N) is 2. The number of amides is 1. The first-order valence-corrected chi connectivity index (χ1v) is 11.7. The summed E-state index contributed by atoms with van der Waals surface area (Å²) < 4.78 is 10.7. The van der Waals surface area contributed by atoms with Crippen LogP contribution in [0.5, 0.6) is 5.75 Å². The number of morpholine rings is 1. The lowest BCUT2D eigenvalue weighted by Gasteiger charge is -2.28. The van der Waals surface area contributed by atoms with E-state index >= 15 is 0 Å². The van der Waals surface area contributed by atoms with Gasteiger partial charge in [0.15, 0.2) is 0 Å². The smallest absolute Gasteiger partial charge is 0.295 e. The number of carbonyl (C=O) groups is 2. The summed E-state index contributed by atoms with van der Waals surface area (Å²) in [7, 11) is 1.58. The van der Waals surface area contributed by atoms with Gasteiger partial charge in [0, 0.05) is 36.6 Å². The summed E-state index contributed by atoms with van der Waals surface area (Å²) in [5.41, 5.74) is 1.48. The molecule has 3 heterocycles. The summed E-state index contributed by atoms with van der Waals surface area (Å²) in [6.07, 6.45) is 0.747. The number of Topliss-reactive ketones (excluding diaryl/α,β-unsaturated/α-hetero) is 1. The molecule has 2 aliphatic heterocycles. The average molecular weight is 457 g/mol. The van der Waals surface area contributed by atoms with Gasteiger partial charge in [0.1, 0.15) is 11.5 Å². The Labute approximate surface area is 191 Å². The molecule has 32 heavy (non-hydrogen) atoms. The highest BCUT2D eigenvalue weighted by atomic mass is 32.1. The zero-order chi connectivity index (χ0) is 22.7. The van der Waals surface area contributed by atoms with Crippen molar-refractivity contribution in [1.82, 2.24) is 9.80 Å². The summed E-state index contributed by atoms with van der Waals surface area (Å²) in [4.78, 5) is 30.8. The van der Waals surface area contributed by atoms with Crippen molar-refractivity contribution < 1.29 is 24.2 Å². The van der Waals surface area contributed by atoms with Gasteiger partial charge in [-0.1, -0.05) is 6.07 Å². The SMILES string of the molecule is COc1ccc(/C(O)=C2\C(=O)C(=O)N(CCCN3CCOCC3)[C@@H]2c2cccs2)cc1C. The number of hydrogen-bond donors (Lipinski definition) is 1. The molecule has 1 amide bonds. The van der Waals surface area contributed by atoms with Gasteiger partial charge in [0.05, 0.1) is 31.9 Å². The Bertz CT molecular complexity index is 1010. The molecule has 0 spiro atoms. The maximum atomic E-state index is 13.1. The third-order valence-corrected chi connectivity index (χ3v) is 6.92. The zero-order valence-corrected chi connectivity index (χ0v) is 19.2. The summed E-state index contributed by atoms with van der Waals surface area (Å²) >= 11 is 1.48. The number of benzene rings is 1. The highest BCUT2D eigenvalue weighted by molar-refractivity contribution is 7.10. The van der Waals surface area contributed by atoms with Crippen LogP contribution in [0, 0.1) is 6.92 Å². The molecule has 4 rings (SSSR count). The van der Waals surface area contributed by atoms with Gasteiger partial charge in [-0.05, 0) is 48.6 Å². The van der Waals surface area contributed by atoms with Crippen LogP contribution in [0.1, 0.15) is 28.5 Å². The van der Waals surface area contributed by atoms with Crippen LogP contribution in [0.2, 0.25) is 0 Å². The second-order valence-corrected chi connectivity index (χ2v) is 8.98. The van der Waals surface area contributed by atoms with Crippen LogP contribution in [0.3, 0.4) is 0 Å². The molecule has 0 radical (unpaired) electrons. The minimum atomic E-state index is -0.638. The standard InChI is InChI=1S/C24H28N2O5S/c1-16-15-17(6-7-18(16)30-2)22(27)20-21(19-5-3-14-32-19)26(24(29)23(20)28)9-4-8-25-10-12-31-13-11-25/h3,5-7,14-15,21,27H,4,8-13H2,1-2H3/b22-20+/t21-/m1/s1. The molecule has 1 aromatic heterocycles. The Morgan fingerprint density at radius 3 is 2.66 bits per heavy atom. The van der Waals surface area contributed by atoms with Gasteiger partial charge in [0.25, 0.3) is 11.7 Å². The van der Waals surface area contributed by atoms with Crippen molar-refractivity contribution in [2.75, 3.05) is 46.5 Å². The number of carbonyl (C=O) groups excluding carboxylic acids is 2. The Balaban J connectivity index is 1.63. The predicted octanol–water partition coefficient (Wildman–Crippen LogP) is 3.21. The number of aliphatic hydroxyl groups excluding tert-OH is 1. The third-order valence-electron chi connectivity index (χ3n) is 6.00. The van der Waals surface area contributed by atoms with Crippen LogP contribution in [0.25, 0.3) is 5.76 Å². The number of aryl methyl sites for hydroxylation is 1. The second kappa shape index (κ2) is 9.85.